The van der Waals surface area contributed by atoms with Gasteiger partial charge in [-0.2, -0.15) is 0 Å². The van der Waals surface area contributed by atoms with E-state index in [9.17, 15) is 4.79 Å². The number of aromatic nitrogens is 1. The minimum atomic E-state index is 0.0943. The van der Waals surface area contributed by atoms with Crippen molar-refractivity contribution in [3.63, 3.8) is 0 Å². The van der Waals surface area contributed by atoms with Gasteiger partial charge in [-0.3, -0.25) is 4.79 Å². The maximum Gasteiger partial charge on any atom is 0.198 e. The molecule has 4 rings (SSSR count). The minimum Gasteiger partial charge on any atom is -0.494 e. The molecule has 0 bridgehead atoms. The molecule has 0 aliphatic rings. The Morgan fingerprint density at radius 2 is 1.47 bits per heavy atom. The van der Waals surface area contributed by atoms with E-state index in [-0.39, 0.29) is 5.43 Å². The second kappa shape index (κ2) is 10.3. The standard InChI is InChI=1S/C28H30N2O2/c1-3-16-32-24-14-15-27-25(17-24)28(31)26(21(2)29-27)20-30(18-22-10-6-4-7-11-22)19-23-12-8-5-9-13-23/h4-15,17H,3,16,18-20H2,1-2H3,(H,29,31)/p+1. The molecule has 3 aromatic carbocycles. The van der Waals surface area contributed by atoms with Gasteiger partial charge >= 0.3 is 0 Å². The fourth-order valence-corrected chi connectivity index (χ4v) is 4.16. The van der Waals surface area contributed by atoms with Crippen molar-refractivity contribution in [1.82, 2.24) is 4.98 Å². The number of aromatic amines is 1. The van der Waals surface area contributed by atoms with Crippen LogP contribution in [0.25, 0.3) is 10.9 Å². The Hall–Kier alpha value is -3.37. The number of pyridine rings is 1. The van der Waals surface area contributed by atoms with E-state index in [4.69, 9.17) is 4.74 Å². The van der Waals surface area contributed by atoms with Crippen LogP contribution in [0.5, 0.6) is 5.75 Å². The SMILES string of the molecule is CCCOc1ccc2[nH]c(C)c(C[NH+](Cc3ccccc3)Cc3ccccc3)c(=O)c2c1. The van der Waals surface area contributed by atoms with Gasteiger partial charge in [0.1, 0.15) is 25.4 Å². The Balaban J connectivity index is 1.68. The first-order chi connectivity index (χ1) is 15.6. The van der Waals surface area contributed by atoms with Gasteiger partial charge in [0.25, 0.3) is 0 Å². The summed E-state index contributed by atoms with van der Waals surface area (Å²) in [4.78, 5) is 18.3. The number of hydrogen-bond acceptors (Lipinski definition) is 2. The number of nitrogens with one attached hydrogen (secondary N) is 2. The molecule has 1 heterocycles. The number of quaternary nitrogens is 1. The van der Waals surface area contributed by atoms with Crippen LogP contribution in [0.2, 0.25) is 0 Å². The zero-order chi connectivity index (χ0) is 22.3. The highest BCUT2D eigenvalue weighted by molar-refractivity contribution is 5.81. The lowest BCUT2D eigenvalue weighted by Crippen LogP contribution is -3.08. The third kappa shape index (κ3) is 5.27. The van der Waals surface area contributed by atoms with Crippen LogP contribution in [0, 0.1) is 6.92 Å². The summed E-state index contributed by atoms with van der Waals surface area (Å²) in [7, 11) is 0. The molecule has 4 heteroatoms. The number of fused-ring (bicyclic) bond motifs is 1. The van der Waals surface area contributed by atoms with Gasteiger partial charge in [0.05, 0.1) is 12.2 Å². The summed E-state index contributed by atoms with van der Waals surface area (Å²) in [6.45, 7) is 7.08. The summed E-state index contributed by atoms with van der Waals surface area (Å²) in [6, 6.07) is 26.7. The van der Waals surface area contributed by atoms with E-state index < -0.39 is 0 Å². The van der Waals surface area contributed by atoms with Crippen LogP contribution in [0.1, 0.15) is 35.7 Å². The molecule has 2 N–H and O–H groups in total. The zero-order valence-electron chi connectivity index (χ0n) is 18.9. The van der Waals surface area contributed by atoms with Crippen LogP contribution < -0.4 is 15.1 Å². The van der Waals surface area contributed by atoms with Crippen molar-refractivity contribution < 1.29 is 9.64 Å². The Bertz CT molecular complexity index is 1180. The number of benzene rings is 3. The number of aryl methyl sites for hydroxylation is 1. The van der Waals surface area contributed by atoms with E-state index in [0.717, 1.165) is 42.0 Å². The first-order valence-corrected chi connectivity index (χ1v) is 11.3. The average molecular weight is 428 g/mol. The third-order valence-corrected chi connectivity index (χ3v) is 5.78. The fraction of sp³-hybridized carbons (Fsp3) is 0.250. The van der Waals surface area contributed by atoms with Crippen molar-refractivity contribution in [2.75, 3.05) is 6.61 Å². The second-order valence-electron chi connectivity index (χ2n) is 8.37. The van der Waals surface area contributed by atoms with Gasteiger partial charge in [0.2, 0.25) is 0 Å². The normalized spacial score (nSPS) is 11.2. The lowest BCUT2D eigenvalue weighted by molar-refractivity contribution is -0.941. The summed E-state index contributed by atoms with van der Waals surface area (Å²) in [5, 5.41) is 0.693. The van der Waals surface area contributed by atoms with Crippen LogP contribution in [0.3, 0.4) is 0 Å². The highest BCUT2D eigenvalue weighted by atomic mass is 16.5. The van der Waals surface area contributed by atoms with Gasteiger partial charge < -0.3 is 14.6 Å². The number of H-pyrrole nitrogens is 1. The Kier molecular flexibility index (Phi) is 7.03. The first kappa shape index (κ1) is 21.8. The van der Waals surface area contributed by atoms with E-state index in [1.807, 2.05) is 37.3 Å². The monoisotopic (exact) mass is 427 g/mol. The summed E-state index contributed by atoms with van der Waals surface area (Å²) in [5.41, 5.74) is 5.26. The molecular weight excluding hydrogens is 396 g/mol. The van der Waals surface area contributed by atoms with Crippen molar-refractivity contribution in [3.8, 4) is 5.75 Å². The predicted octanol–water partition coefficient (Wildman–Crippen LogP) is 4.41. The summed E-state index contributed by atoms with van der Waals surface area (Å²) >= 11 is 0. The van der Waals surface area contributed by atoms with Crippen LogP contribution in [-0.2, 0) is 19.6 Å². The van der Waals surface area contributed by atoms with Crippen molar-refractivity contribution >= 4 is 10.9 Å². The van der Waals surface area contributed by atoms with Gasteiger partial charge in [-0.05, 0) is 31.5 Å². The maximum atomic E-state index is 13.5. The van der Waals surface area contributed by atoms with Crippen LogP contribution in [0.4, 0.5) is 0 Å². The summed E-state index contributed by atoms with van der Waals surface area (Å²) in [6.07, 6.45) is 0.935. The van der Waals surface area contributed by atoms with E-state index in [2.05, 4.69) is 60.4 Å². The molecule has 164 valence electrons. The van der Waals surface area contributed by atoms with E-state index in [0.29, 0.717) is 18.5 Å². The molecular formula is C28H31N2O2+. The Morgan fingerprint density at radius 3 is 2.06 bits per heavy atom. The van der Waals surface area contributed by atoms with Gasteiger partial charge in [-0.1, -0.05) is 67.6 Å². The molecule has 0 aliphatic carbocycles. The van der Waals surface area contributed by atoms with Crippen molar-refractivity contribution in [1.29, 1.82) is 0 Å². The van der Waals surface area contributed by atoms with Gasteiger partial charge in [0.15, 0.2) is 5.43 Å². The largest absolute Gasteiger partial charge is 0.494 e. The maximum absolute atomic E-state index is 13.5. The quantitative estimate of drug-likeness (QED) is 0.416. The molecule has 0 amide bonds. The van der Waals surface area contributed by atoms with Crippen LogP contribution >= 0.6 is 0 Å². The molecule has 0 aliphatic heterocycles. The molecule has 0 saturated carbocycles. The number of rotatable bonds is 9. The fourth-order valence-electron chi connectivity index (χ4n) is 4.16. The third-order valence-electron chi connectivity index (χ3n) is 5.78. The predicted molar refractivity (Wildman–Crippen MR) is 130 cm³/mol. The molecule has 0 saturated heterocycles. The molecule has 0 spiro atoms. The molecule has 4 nitrogen and oxygen atoms in total. The first-order valence-electron chi connectivity index (χ1n) is 11.3. The van der Waals surface area contributed by atoms with Crippen molar-refractivity contribution in [2.45, 2.75) is 39.9 Å². The summed E-state index contributed by atoms with van der Waals surface area (Å²) < 4.78 is 5.77. The second-order valence-corrected chi connectivity index (χ2v) is 8.37. The highest BCUT2D eigenvalue weighted by Crippen LogP contribution is 2.19. The topological polar surface area (TPSA) is 46.5 Å². The van der Waals surface area contributed by atoms with Crippen LogP contribution in [0.15, 0.2) is 83.7 Å². The highest BCUT2D eigenvalue weighted by Gasteiger charge is 2.18. The smallest absolute Gasteiger partial charge is 0.198 e. The van der Waals surface area contributed by atoms with Crippen molar-refractivity contribution in [2.24, 2.45) is 0 Å². The Labute approximate surface area is 189 Å². The van der Waals surface area contributed by atoms with Gasteiger partial charge in [-0.25, -0.2) is 0 Å². The van der Waals surface area contributed by atoms with E-state index in [1.54, 1.807) is 0 Å². The summed E-state index contributed by atoms with van der Waals surface area (Å²) in [5.74, 6) is 0.748. The van der Waals surface area contributed by atoms with Crippen molar-refractivity contribution in [3.05, 3.63) is 111 Å². The molecule has 4 aromatic rings. The minimum absolute atomic E-state index is 0.0943. The molecule has 0 fully saturated rings. The molecule has 0 unspecified atom stereocenters. The average Bonchev–Trinajstić information content (AvgIpc) is 2.82. The van der Waals surface area contributed by atoms with Gasteiger partial charge in [-0.15, -0.1) is 0 Å². The number of ether oxygens (including phenoxy) is 1. The van der Waals surface area contributed by atoms with E-state index >= 15 is 0 Å². The number of hydrogen-bond donors (Lipinski definition) is 2. The Morgan fingerprint density at radius 1 is 0.844 bits per heavy atom. The zero-order valence-corrected chi connectivity index (χ0v) is 18.9. The van der Waals surface area contributed by atoms with Crippen LogP contribution in [-0.4, -0.2) is 11.6 Å². The van der Waals surface area contributed by atoms with E-state index in [1.165, 1.54) is 16.0 Å². The molecule has 0 atom stereocenters. The molecule has 0 radical (unpaired) electrons. The molecule has 1 aromatic heterocycles. The van der Waals surface area contributed by atoms with Gasteiger partial charge in [0, 0.05) is 27.7 Å². The molecule has 32 heavy (non-hydrogen) atoms. The lowest BCUT2D eigenvalue weighted by Gasteiger charge is -2.21. The lowest BCUT2D eigenvalue weighted by atomic mass is 10.1.